The molecule has 0 aromatic heterocycles. The van der Waals surface area contributed by atoms with Crippen LogP contribution in [0.4, 0.5) is 0 Å². The Balaban J connectivity index is 0.991. The molecule has 13 heteroatoms. The summed E-state index contributed by atoms with van der Waals surface area (Å²) in [7, 11) is 0. The summed E-state index contributed by atoms with van der Waals surface area (Å²) in [6.45, 7) is 0. The molecular weight excluding hydrogens is 628 g/mol. The van der Waals surface area contributed by atoms with Gasteiger partial charge in [-0.05, 0) is 77.0 Å². The van der Waals surface area contributed by atoms with E-state index in [0.29, 0.717) is 57.8 Å². The average Bonchev–Trinajstić information content (AvgIpc) is 3.89. The van der Waals surface area contributed by atoms with Crippen LogP contribution >= 0.6 is 0 Å². The first kappa shape index (κ1) is 35.6. The Kier molecular flexibility index (Phi) is 11.5. The first-order valence-electron chi connectivity index (χ1n) is 19.1. The van der Waals surface area contributed by atoms with Gasteiger partial charge in [0, 0.05) is 36.3 Å². The van der Waals surface area contributed by atoms with E-state index in [2.05, 4.69) is 26.6 Å². The number of hydrogen-bond acceptors (Lipinski definition) is 7. The van der Waals surface area contributed by atoms with Crippen LogP contribution in [0.3, 0.4) is 0 Å². The van der Waals surface area contributed by atoms with E-state index in [1.165, 1.54) is 0 Å². The van der Waals surface area contributed by atoms with Gasteiger partial charge in [-0.3, -0.25) is 28.8 Å². The summed E-state index contributed by atoms with van der Waals surface area (Å²) < 4.78 is 0. The maximum absolute atomic E-state index is 13.6. The van der Waals surface area contributed by atoms with Crippen LogP contribution in [0, 0.1) is 35.5 Å². The molecule has 8 N–H and O–H groups in total. The Hall–Kier alpha value is -3.22. The zero-order valence-corrected chi connectivity index (χ0v) is 28.6. The molecule has 6 fully saturated rings. The Morgan fingerprint density at radius 3 is 0.898 bits per heavy atom. The molecule has 6 aliphatic carbocycles. The van der Waals surface area contributed by atoms with Crippen LogP contribution in [-0.2, 0) is 28.8 Å². The van der Waals surface area contributed by atoms with Crippen molar-refractivity contribution in [3.8, 4) is 0 Å². The summed E-state index contributed by atoms with van der Waals surface area (Å²) in [5.41, 5.74) is 6.14. The lowest BCUT2D eigenvalue weighted by Gasteiger charge is -2.29. The van der Waals surface area contributed by atoms with E-state index in [1.807, 2.05) is 0 Å². The van der Waals surface area contributed by atoms with Gasteiger partial charge in [0.15, 0.2) is 0 Å². The van der Waals surface area contributed by atoms with E-state index in [4.69, 9.17) is 5.73 Å². The molecule has 0 spiro atoms. The molecule has 0 aliphatic heterocycles. The van der Waals surface area contributed by atoms with Gasteiger partial charge >= 0.3 is 5.97 Å². The van der Waals surface area contributed by atoms with Gasteiger partial charge in [0.25, 0.3) is 0 Å². The molecule has 0 aromatic rings. The first-order chi connectivity index (χ1) is 23.6. The number of carboxylic acids is 1. The molecule has 0 saturated heterocycles. The van der Waals surface area contributed by atoms with Crippen molar-refractivity contribution in [1.29, 1.82) is 0 Å². The molecule has 6 aliphatic rings. The highest BCUT2D eigenvalue weighted by Crippen LogP contribution is 2.34. The van der Waals surface area contributed by atoms with Crippen molar-refractivity contribution in [2.75, 3.05) is 0 Å². The molecule has 6 rings (SSSR count). The van der Waals surface area contributed by atoms with Gasteiger partial charge in [0.05, 0.1) is 35.5 Å². The Labute approximate surface area is 288 Å². The first-order valence-corrected chi connectivity index (χ1v) is 19.1. The number of amides is 5. The molecular formula is C36H56N6O7. The highest BCUT2D eigenvalue weighted by Gasteiger charge is 2.44. The van der Waals surface area contributed by atoms with Crippen LogP contribution in [0.5, 0.6) is 0 Å². The molecule has 0 aromatic carbocycles. The lowest BCUT2D eigenvalue weighted by Crippen LogP contribution is -2.53. The Morgan fingerprint density at radius 1 is 0.367 bits per heavy atom. The molecule has 0 radical (unpaired) electrons. The second-order valence-electron chi connectivity index (χ2n) is 15.8. The SMILES string of the molecule is N[C@H]1CCC[C@@H]1C(=O)N[C@H]1CCC[C@@H]1C(=O)N[C@H]1CCC[C@@H]1C(=O)N[C@H]1CCC[C@@H]1C(=O)N[C@H]1CCC[C@@H]1C(=O)N[C@H]1CCC[C@@H]1C(=O)O. The monoisotopic (exact) mass is 684 g/mol. The van der Waals surface area contributed by atoms with Crippen LogP contribution in [0.2, 0.25) is 0 Å². The van der Waals surface area contributed by atoms with Gasteiger partial charge in [0.2, 0.25) is 29.5 Å². The quantitative estimate of drug-likeness (QED) is 0.170. The van der Waals surface area contributed by atoms with Crippen molar-refractivity contribution in [2.24, 2.45) is 41.2 Å². The standard InChI is InChI=1S/C36H56N6O7/c37-25-13-1-7-19(25)31(43)38-26-14-2-8-20(26)32(44)39-27-15-3-9-21(27)33(45)40-28-16-4-10-22(28)34(46)41-29-17-5-11-23(29)35(47)42-30-18-6-12-24(30)36(48)49/h19-30H,1-18,37H2,(H,38,43)(H,39,44)(H,40,45)(H,41,46)(H,42,47)(H,48,49)/t19-,20-,21-,22-,23-,24-,25-,26-,27-,28-,29-,30-/m0/s1. The summed E-state index contributed by atoms with van der Waals surface area (Å²) in [6.07, 6.45) is 13.3. The molecule has 272 valence electrons. The fourth-order valence-electron chi connectivity index (χ4n) is 9.98. The van der Waals surface area contributed by atoms with Gasteiger partial charge in [-0.2, -0.15) is 0 Å². The van der Waals surface area contributed by atoms with Gasteiger partial charge < -0.3 is 37.4 Å². The summed E-state index contributed by atoms with van der Waals surface area (Å²) in [4.78, 5) is 78.4. The minimum Gasteiger partial charge on any atom is -0.481 e. The zero-order valence-electron chi connectivity index (χ0n) is 28.6. The third-order valence-electron chi connectivity index (χ3n) is 12.8. The van der Waals surface area contributed by atoms with Gasteiger partial charge in [-0.25, -0.2) is 0 Å². The number of aliphatic carboxylic acids is 1. The molecule has 0 unspecified atom stereocenters. The number of carbonyl (C=O) groups excluding carboxylic acids is 5. The fraction of sp³-hybridized carbons (Fsp3) is 0.833. The third kappa shape index (κ3) is 8.07. The summed E-state index contributed by atoms with van der Waals surface area (Å²) in [6, 6.07) is -1.64. The van der Waals surface area contributed by atoms with Crippen molar-refractivity contribution in [2.45, 2.75) is 152 Å². The predicted molar refractivity (Wildman–Crippen MR) is 179 cm³/mol. The number of nitrogens with one attached hydrogen (secondary N) is 5. The van der Waals surface area contributed by atoms with Crippen LogP contribution in [0.25, 0.3) is 0 Å². The van der Waals surface area contributed by atoms with E-state index < -0.39 is 23.7 Å². The van der Waals surface area contributed by atoms with Crippen molar-refractivity contribution < 1.29 is 33.9 Å². The maximum atomic E-state index is 13.6. The lowest BCUT2D eigenvalue weighted by atomic mass is 9.95. The third-order valence-corrected chi connectivity index (χ3v) is 12.8. The number of rotatable bonds is 11. The van der Waals surface area contributed by atoms with Gasteiger partial charge in [-0.15, -0.1) is 0 Å². The highest BCUT2D eigenvalue weighted by molar-refractivity contribution is 5.87. The minimum atomic E-state index is -0.882. The topological polar surface area (TPSA) is 209 Å². The van der Waals surface area contributed by atoms with Gasteiger partial charge in [0.1, 0.15) is 0 Å². The van der Waals surface area contributed by atoms with Crippen LogP contribution in [-0.4, -0.2) is 76.9 Å². The van der Waals surface area contributed by atoms with E-state index in [-0.39, 0.29) is 83.5 Å². The molecule has 5 amide bonds. The lowest BCUT2D eigenvalue weighted by molar-refractivity contribution is -0.142. The van der Waals surface area contributed by atoms with Crippen LogP contribution < -0.4 is 32.3 Å². The predicted octanol–water partition coefficient (Wildman–Crippen LogP) is 1.62. The van der Waals surface area contributed by atoms with Crippen molar-refractivity contribution in [3.63, 3.8) is 0 Å². The molecule has 13 nitrogen and oxygen atoms in total. The minimum absolute atomic E-state index is 0.0485. The normalized spacial score (nSPS) is 38.6. The number of nitrogens with two attached hydrogens (primary N) is 1. The second-order valence-corrected chi connectivity index (χ2v) is 15.8. The largest absolute Gasteiger partial charge is 0.481 e. The van der Waals surface area contributed by atoms with Crippen LogP contribution in [0.1, 0.15) is 116 Å². The zero-order chi connectivity index (χ0) is 34.7. The smallest absolute Gasteiger partial charge is 0.308 e. The van der Waals surface area contributed by atoms with E-state index in [1.54, 1.807) is 0 Å². The van der Waals surface area contributed by atoms with Crippen molar-refractivity contribution in [1.82, 2.24) is 26.6 Å². The number of carbonyl (C=O) groups is 6. The van der Waals surface area contributed by atoms with E-state index >= 15 is 0 Å². The number of hydrogen-bond donors (Lipinski definition) is 7. The van der Waals surface area contributed by atoms with E-state index in [9.17, 15) is 33.9 Å². The maximum Gasteiger partial charge on any atom is 0.308 e. The van der Waals surface area contributed by atoms with Crippen LogP contribution in [0.15, 0.2) is 0 Å². The molecule has 12 atom stereocenters. The molecule has 6 saturated carbocycles. The fourth-order valence-corrected chi connectivity index (χ4v) is 9.98. The molecule has 49 heavy (non-hydrogen) atoms. The molecule has 0 bridgehead atoms. The number of carboxylic acid groups (broad SMARTS) is 1. The summed E-state index contributed by atoms with van der Waals surface area (Å²) in [5, 5.41) is 25.1. The Morgan fingerprint density at radius 2 is 0.612 bits per heavy atom. The average molecular weight is 685 g/mol. The van der Waals surface area contributed by atoms with Gasteiger partial charge in [-0.1, -0.05) is 38.5 Å². The summed E-state index contributed by atoms with van der Waals surface area (Å²) >= 11 is 0. The summed E-state index contributed by atoms with van der Waals surface area (Å²) in [5.74, 6) is -3.78. The molecule has 0 heterocycles. The highest BCUT2D eigenvalue weighted by atomic mass is 16.4. The van der Waals surface area contributed by atoms with Crippen molar-refractivity contribution >= 4 is 35.5 Å². The second kappa shape index (κ2) is 15.8. The Bertz CT molecular complexity index is 1280. The van der Waals surface area contributed by atoms with Crippen molar-refractivity contribution in [3.05, 3.63) is 0 Å². The van der Waals surface area contributed by atoms with E-state index in [0.717, 1.165) is 57.8 Å².